The molecule has 0 saturated heterocycles. The van der Waals surface area contributed by atoms with Gasteiger partial charge in [0.15, 0.2) is 5.58 Å². The van der Waals surface area contributed by atoms with Crippen LogP contribution < -0.4 is 5.32 Å². The van der Waals surface area contributed by atoms with Gasteiger partial charge >= 0.3 is 0 Å². The lowest BCUT2D eigenvalue weighted by Gasteiger charge is -2.06. The highest BCUT2D eigenvalue weighted by molar-refractivity contribution is 5.92. The van der Waals surface area contributed by atoms with E-state index >= 15 is 0 Å². The zero-order chi connectivity index (χ0) is 17.9. The van der Waals surface area contributed by atoms with Crippen LogP contribution in [-0.2, 0) is 11.2 Å². The standard InChI is InChI=1S/C21H15FN2O2/c22-16-10-8-14(9-11-16)12-20(25)23-17-5-3-4-15(13-17)21-24-18-6-1-2-7-19(18)26-21/h1-11,13H,12H2,(H,23,25). The Labute approximate surface area is 149 Å². The molecule has 128 valence electrons. The van der Waals surface area contributed by atoms with Gasteiger partial charge in [-0.2, -0.15) is 0 Å². The quantitative estimate of drug-likeness (QED) is 0.577. The van der Waals surface area contributed by atoms with Crippen molar-refractivity contribution >= 4 is 22.7 Å². The van der Waals surface area contributed by atoms with Gasteiger partial charge < -0.3 is 9.73 Å². The van der Waals surface area contributed by atoms with E-state index in [0.29, 0.717) is 17.2 Å². The molecular formula is C21H15FN2O2. The minimum absolute atomic E-state index is 0.174. The Morgan fingerprint density at radius 3 is 2.62 bits per heavy atom. The van der Waals surface area contributed by atoms with E-state index in [4.69, 9.17) is 4.42 Å². The van der Waals surface area contributed by atoms with Gasteiger partial charge in [0, 0.05) is 11.3 Å². The number of para-hydroxylation sites is 2. The third-order valence-corrected chi connectivity index (χ3v) is 3.97. The number of aromatic nitrogens is 1. The van der Waals surface area contributed by atoms with E-state index < -0.39 is 0 Å². The van der Waals surface area contributed by atoms with Crippen LogP contribution in [0.2, 0.25) is 0 Å². The molecule has 0 aliphatic rings. The zero-order valence-electron chi connectivity index (χ0n) is 13.8. The third kappa shape index (κ3) is 3.47. The van der Waals surface area contributed by atoms with Crippen molar-refractivity contribution in [3.8, 4) is 11.5 Å². The lowest BCUT2D eigenvalue weighted by molar-refractivity contribution is -0.115. The second-order valence-corrected chi connectivity index (χ2v) is 5.92. The highest BCUT2D eigenvalue weighted by Crippen LogP contribution is 2.26. The summed E-state index contributed by atoms with van der Waals surface area (Å²) >= 11 is 0. The molecule has 5 heteroatoms. The molecule has 0 atom stereocenters. The number of fused-ring (bicyclic) bond motifs is 1. The minimum Gasteiger partial charge on any atom is -0.436 e. The zero-order valence-corrected chi connectivity index (χ0v) is 13.8. The SMILES string of the molecule is O=C(Cc1ccc(F)cc1)Nc1cccc(-c2nc3ccccc3o2)c1. The fourth-order valence-corrected chi connectivity index (χ4v) is 2.72. The molecule has 0 spiro atoms. The molecule has 0 radical (unpaired) electrons. The van der Waals surface area contributed by atoms with Crippen molar-refractivity contribution in [3.05, 3.63) is 84.2 Å². The maximum absolute atomic E-state index is 12.9. The number of amides is 1. The molecule has 1 amide bonds. The summed E-state index contributed by atoms with van der Waals surface area (Å²) in [5, 5.41) is 2.85. The highest BCUT2D eigenvalue weighted by atomic mass is 19.1. The molecule has 4 nitrogen and oxygen atoms in total. The van der Waals surface area contributed by atoms with Crippen LogP contribution >= 0.6 is 0 Å². The van der Waals surface area contributed by atoms with Crippen LogP contribution in [0.25, 0.3) is 22.6 Å². The Bertz CT molecular complexity index is 1040. The molecule has 0 fully saturated rings. The van der Waals surface area contributed by atoms with Crippen molar-refractivity contribution in [3.63, 3.8) is 0 Å². The first kappa shape index (κ1) is 16.0. The Hall–Kier alpha value is -3.47. The molecule has 1 aromatic heterocycles. The topological polar surface area (TPSA) is 55.1 Å². The van der Waals surface area contributed by atoms with Gasteiger partial charge in [-0.15, -0.1) is 0 Å². The summed E-state index contributed by atoms with van der Waals surface area (Å²) in [6, 6.07) is 20.8. The van der Waals surface area contributed by atoms with Crippen LogP contribution in [0.3, 0.4) is 0 Å². The fourth-order valence-electron chi connectivity index (χ4n) is 2.72. The Balaban J connectivity index is 1.51. The van der Waals surface area contributed by atoms with Crippen LogP contribution in [0, 0.1) is 5.82 Å². The Morgan fingerprint density at radius 2 is 1.81 bits per heavy atom. The fraction of sp³-hybridized carbons (Fsp3) is 0.0476. The average molecular weight is 346 g/mol. The summed E-state index contributed by atoms with van der Waals surface area (Å²) in [5.41, 5.74) is 3.68. The monoisotopic (exact) mass is 346 g/mol. The normalized spacial score (nSPS) is 10.8. The van der Waals surface area contributed by atoms with Gasteiger partial charge in [0.2, 0.25) is 11.8 Å². The van der Waals surface area contributed by atoms with Crippen molar-refractivity contribution in [2.45, 2.75) is 6.42 Å². The van der Waals surface area contributed by atoms with E-state index in [1.807, 2.05) is 42.5 Å². The average Bonchev–Trinajstić information content (AvgIpc) is 3.08. The summed E-state index contributed by atoms with van der Waals surface area (Å²) in [4.78, 5) is 16.7. The van der Waals surface area contributed by atoms with Crippen LogP contribution in [0.4, 0.5) is 10.1 Å². The number of hydrogen-bond acceptors (Lipinski definition) is 3. The number of benzene rings is 3. The van der Waals surface area contributed by atoms with Crippen molar-refractivity contribution in [2.75, 3.05) is 5.32 Å². The van der Waals surface area contributed by atoms with Crippen LogP contribution in [-0.4, -0.2) is 10.9 Å². The molecule has 0 aliphatic carbocycles. The maximum atomic E-state index is 12.9. The van der Waals surface area contributed by atoms with Crippen molar-refractivity contribution in [1.29, 1.82) is 0 Å². The number of anilines is 1. The highest BCUT2D eigenvalue weighted by Gasteiger charge is 2.10. The van der Waals surface area contributed by atoms with E-state index in [9.17, 15) is 9.18 Å². The number of nitrogens with one attached hydrogen (secondary N) is 1. The molecule has 3 aromatic carbocycles. The van der Waals surface area contributed by atoms with Gasteiger partial charge in [-0.25, -0.2) is 9.37 Å². The van der Waals surface area contributed by atoms with E-state index in [1.54, 1.807) is 18.2 Å². The van der Waals surface area contributed by atoms with Crippen molar-refractivity contribution in [2.24, 2.45) is 0 Å². The Morgan fingerprint density at radius 1 is 1.00 bits per heavy atom. The molecule has 1 heterocycles. The van der Waals surface area contributed by atoms with Crippen LogP contribution in [0.5, 0.6) is 0 Å². The summed E-state index contributed by atoms with van der Waals surface area (Å²) in [6.45, 7) is 0. The second kappa shape index (κ2) is 6.80. The summed E-state index contributed by atoms with van der Waals surface area (Å²) < 4.78 is 18.7. The smallest absolute Gasteiger partial charge is 0.228 e. The van der Waals surface area contributed by atoms with Gasteiger partial charge in [0.1, 0.15) is 11.3 Å². The van der Waals surface area contributed by atoms with E-state index in [0.717, 1.165) is 16.6 Å². The molecule has 0 aliphatic heterocycles. The van der Waals surface area contributed by atoms with Gasteiger partial charge in [0.25, 0.3) is 0 Å². The number of carbonyl (C=O) groups is 1. The molecule has 1 N–H and O–H groups in total. The van der Waals surface area contributed by atoms with E-state index in [-0.39, 0.29) is 18.1 Å². The lowest BCUT2D eigenvalue weighted by atomic mass is 10.1. The molecule has 4 rings (SSSR count). The second-order valence-electron chi connectivity index (χ2n) is 5.92. The summed E-state index contributed by atoms with van der Waals surface area (Å²) in [5.74, 6) is 0.00681. The Kier molecular flexibility index (Phi) is 4.19. The van der Waals surface area contributed by atoms with Gasteiger partial charge in [-0.3, -0.25) is 4.79 Å². The predicted molar refractivity (Wildman–Crippen MR) is 98.2 cm³/mol. The first-order valence-corrected chi connectivity index (χ1v) is 8.18. The van der Waals surface area contributed by atoms with E-state index in [2.05, 4.69) is 10.3 Å². The van der Waals surface area contributed by atoms with Crippen LogP contribution in [0.1, 0.15) is 5.56 Å². The minimum atomic E-state index is -0.319. The number of hydrogen-bond donors (Lipinski definition) is 1. The lowest BCUT2D eigenvalue weighted by Crippen LogP contribution is -2.14. The van der Waals surface area contributed by atoms with Crippen LogP contribution in [0.15, 0.2) is 77.2 Å². The number of halogens is 1. The molecule has 0 bridgehead atoms. The maximum Gasteiger partial charge on any atom is 0.228 e. The number of oxazole rings is 1. The largest absolute Gasteiger partial charge is 0.436 e. The number of rotatable bonds is 4. The number of carbonyl (C=O) groups excluding carboxylic acids is 1. The first-order chi connectivity index (χ1) is 12.7. The summed E-state index contributed by atoms with van der Waals surface area (Å²) in [6.07, 6.45) is 0.174. The van der Waals surface area contributed by atoms with Crippen molar-refractivity contribution < 1.29 is 13.6 Å². The van der Waals surface area contributed by atoms with Gasteiger partial charge in [0.05, 0.1) is 6.42 Å². The van der Waals surface area contributed by atoms with Gasteiger partial charge in [-0.05, 0) is 48.0 Å². The summed E-state index contributed by atoms with van der Waals surface area (Å²) in [7, 11) is 0. The molecule has 4 aromatic rings. The van der Waals surface area contributed by atoms with E-state index in [1.165, 1.54) is 12.1 Å². The van der Waals surface area contributed by atoms with Crippen molar-refractivity contribution in [1.82, 2.24) is 4.98 Å². The molecule has 0 saturated carbocycles. The molecule has 26 heavy (non-hydrogen) atoms. The van der Waals surface area contributed by atoms with Gasteiger partial charge in [-0.1, -0.05) is 30.3 Å². The third-order valence-electron chi connectivity index (χ3n) is 3.97. The molecular weight excluding hydrogens is 331 g/mol. The molecule has 0 unspecified atom stereocenters. The first-order valence-electron chi connectivity index (χ1n) is 8.18. The predicted octanol–water partition coefficient (Wildman–Crippen LogP) is 4.82. The number of nitrogens with zero attached hydrogens (tertiary/aromatic N) is 1.